The van der Waals surface area contributed by atoms with Crippen LogP contribution in [-0.4, -0.2) is 15.9 Å². The smallest absolute Gasteiger partial charge is 0.258 e. The van der Waals surface area contributed by atoms with Crippen LogP contribution in [0, 0.1) is 6.92 Å². The highest BCUT2D eigenvalue weighted by Crippen LogP contribution is 2.23. The molecular formula is C18H15BrN4O. The molecule has 0 fully saturated rings. The van der Waals surface area contributed by atoms with Gasteiger partial charge in [0.15, 0.2) is 0 Å². The first kappa shape index (κ1) is 16.1. The standard InChI is InChI=1S/C18H15BrN4O/c1-12-5-4-6-14(9-12)22-17(24)13-10-20-18(21-11-13)23-16-8-3-2-7-15(16)19/h2-11H,1H3,(H,22,24)(H,20,21,23). The monoisotopic (exact) mass is 382 g/mol. The van der Waals surface area contributed by atoms with Crippen LogP contribution in [-0.2, 0) is 0 Å². The first-order valence-electron chi connectivity index (χ1n) is 7.33. The average molecular weight is 383 g/mol. The van der Waals surface area contributed by atoms with Crippen molar-refractivity contribution >= 4 is 39.2 Å². The number of anilines is 3. The summed E-state index contributed by atoms with van der Waals surface area (Å²) in [6.45, 7) is 1.97. The van der Waals surface area contributed by atoms with Gasteiger partial charge in [-0.15, -0.1) is 0 Å². The van der Waals surface area contributed by atoms with Gasteiger partial charge < -0.3 is 10.6 Å². The second-order valence-corrected chi connectivity index (χ2v) is 6.08. The number of hydrogen-bond donors (Lipinski definition) is 2. The molecule has 2 aromatic carbocycles. The van der Waals surface area contributed by atoms with Crippen molar-refractivity contribution in [1.82, 2.24) is 9.97 Å². The summed E-state index contributed by atoms with van der Waals surface area (Å²) in [5.74, 6) is 0.182. The number of halogens is 1. The van der Waals surface area contributed by atoms with Gasteiger partial charge in [-0.3, -0.25) is 4.79 Å². The van der Waals surface area contributed by atoms with Gasteiger partial charge in [-0.1, -0.05) is 24.3 Å². The molecular weight excluding hydrogens is 368 g/mol. The molecule has 0 aliphatic rings. The first-order chi connectivity index (χ1) is 11.6. The summed E-state index contributed by atoms with van der Waals surface area (Å²) in [4.78, 5) is 20.6. The van der Waals surface area contributed by atoms with Gasteiger partial charge in [0.05, 0.1) is 11.3 Å². The molecule has 0 aliphatic carbocycles. The van der Waals surface area contributed by atoms with Gasteiger partial charge in [0.25, 0.3) is 5.91 Å². The van der Waals surface area contributed by atoms with Crippen molar-refractivity contribution in [3.63, 3.8) is 0 Å². The minimum Gasteiger partial charge on any atom is -0.323 e. The molecule has 0 saturated carbocycles. The Hall–Kier alpha value is -2.73. The van der Waals surface area contributed by atoms with Gasteiger partial charge in [-0.05, 0) is 52.7 Å². The van der Waals surface area contributed by atoms with E-state index in [0.717, 1.165) is 21.4 Å². The number of aryl methyl sites for hydroxylation is 1. The second-order valence-electron chi connectivity index (χ2n) is 5.22. The molecule has 0 atom stereocenters. The Labute approximate surface area is 148 Å². The lowest BCUT2D eigenvalue weighted by atomic mass is 10.2. The predicted octanol–water partition coefficient (Wildman–Crippen LogP) is 4.54. The van der Waals surface area contributed by atoms with Gasteiger partial charge in [-0.2, -0.15) is 0 Å². The molecule has 3 rings (SSSR count). The number of nitrogens with one attached hydrogen (secondary N) is 2. The Kier molecular flexibility index (Phi) is 4.86. The van der Waals surface area contributed by atoms with E-state index in [-0.39, 0.29) is 5.91 Å². The minimum atomic E-state index is -0.243. The zero-order valence-corrected chi connectivity index (χ0v) is 14.5. The van der Waals surface area contributed by atoms with E-state index >= 15 is 0 Å². The minimum absolute atomic E-state index is 0.243. The molecule has 1 amide bonds. The molecule has 120 valence electrons. The molecule has 0 radical (unpaired) electrons. The number of carbonyl (C=O) groups is 1. The third-order valence-corrected chi connectivity index (χ3v) is 4.00. The van der Waals surface area contributed by atoms with Crippen molar-refractivity contribution in [2.75, 3.05) is 10.6 Å². The van der Waals surface area contributed by atoms with Crippen molar-refractivity contribution in [2.24, 2.45) is 0 Å². The summed E-state index contributed by atoms with van der Waals surface area (Å²) in [6.07, 6.45) is 2.99. The lowest BCUT2D eigenvalue weighted by Gasteiger charge is -2.08. The summed E-state index contributed by atoms with van der Waals surface area (Å²) in [7, 11) is 0. The quantitative estimate of drug-likeness (QED) is 0.694. The number of hydrogen-bond acceptors (Lipinski definition) is 4. The van der Waals surface area contributed by atoms with Crippen molar-refractivity contribution in [1.29, 1.82) is 0 Å². The molecule has 5 nitrogen and oxygen atoms in total. The summed E-state index contributed by atoms with van der Waals surface area (Å²) >= 11 is 3.45. The number of nitrogens with zero attached hydrogens (tertiary/aromatic N) is 2. The Morgan fingerprint density at radius 1 is 1.04 bits per heavy atom. The van der Waals surface area contributed by atoms with E-state index in [1.165, 1.54) is 12.4 Å². The molecule has 24 heavy (non-hydrogen) atoms. The Bertz CT molecular complexity index is 865. The zero-order chi connectivity index (χ0) is 16.9. The third kappa shape index (κ3) is 3.97. The van der Waals surface area contributed by atoms with E-state index in [1.54, 1.807) is 0 Å². The topological polar surface area (TPSA) is 66.9 Å². The van der Waals surface area contributed by atoms with E-state index < -0.39 is 0 Å². The fourth-order valence-corrected chi connectivity index (χ4v) is 2.50. The van der Waals surface area contributed by atoms with Crippen LogP contribution in [0.1, 0.15) is 15.9 Å². The van der Waals surface area contributed by atoms with Crippen molar-refractivity contribution in [3.05, 3.63) is 76.5 Å². The Morgan fingerprint density at radius 2 is 1.79 bits per heavy atom. The number of carbonyl (C=O) groups excluding carboxylic acids is 1. The van der Waals surface area contributed by atoms with E-state index in [1.807, 2.05) is 55.5 Å². The van der Waals surface area contributed by atoms with Crippen LogP contribution in [0.15, 0.2) is 65.4 Å². The molecule has 6 heteroatoms. The van der Waals surface area contributed by atoms with Gasteiger partial charge in [0.2, 0.25) is 5.95 Å². The lowest BCUT2D eigenvalue weighted by molar-refractivity contribution is 0.102. The number of aromatic nitrogens is 2. The lowest BCUT2D eigenvalue weighted by Crippen LogP contribution is -2.13. The maximum absolute atomic E-state index is 12.2. The SMILES string of the molecule is Cc1cccc(NC(=O)c2cnc(Nc3ccccc3Br)nc2)c1. The van der Waals surface area contributed by atoms with Crippen LogP contribution in [0.4, 0.5) is 17.3 Å². The van der Waals surface area contributed by atoms with Gasteiger partial charge in [0.1, 0.15) is 0 Å². The van der Waals surface area contributed by atoms with E-state index in [4.69, 9.17) is 0 Å². The van der Waals surface area contributed by atoms with Crippen LogP contribution >= 0.6 is 15.9 Å². The molecule has 0 unspecified atom stereocenters. The molecule has 1 aromatic heterocycles. The average Bonchev–Trinajstić information content (AvgIpc) is 2.57. The maximum atomic E-state index is 12.2. The summed E-state index contributed by atoms with van der Waals surface area (Å²) < 4.78 is 0.912. The van der Waals surface area contributed by atoms with E-state index in [9.17, 15) is 4.79 Å². The van der Waals surface area contributed by atoms with Crippen molar-refractivity contribution < 1.29 is 4.79 Å². The fourth-order valence-electron chi connectivity index (χ4n) is 2.12. The zero-order valence-electron chi connectivity index (χ0n) is 13.0. The summed E-state index contributed by atoms with van der Waals surface area (Å²) in [5.41, 5.74) is 3.08. The first-order valence-corrected chi connectivity index (χ1v) is 8.13. The number of benzene rings is 2. The summed E-state index contributed by atoms with van der Waals surface area (Å²) in [6, 6.07) is 15.3. The largest absolute Gasteiger partial charge is 0.323 e. The summed E-state index contributed by atoms with van der Waals surface area (Å²) in [5, 5.41) is 5.93. The van der Waals surface area contributed by atoms with Crippen molar-refractivity contribution in [3.8, 4) is 0 Å². The van der Waals surface area contributed by atoms with Crippen LogP contribution in [0.25, 0.3) is 0 Å². The van der Waals surface area contributed by atoms with Crippen LogP contribution in [0.2, 0.25) is 0 Å². The van der Waals surface area contributed by atoms with E-state index in [0.29, 0.717) is 11.5 Å². The highest BCUT2D eigenvalue weighted by atomic mass is 79.9. The third-order valence-electron chi connectivity index (χ3n) is 3.31. The molecule has 0 spiro atoms. The molecule has 0 bridgehead atoms. The highest BCUT2D eigenvalue weighted by molar-refractivity contribution is 9.10. The molecule has 1 heterocycles. The number of rotatable bonds is 4. The van der Waals surface area contributed by atoms with Crippen LogP contribution in [0.3, 0.4) is 0 Å². The molecule has 2 N–H and O–H groups in total. The number of amides is 1. The molecule has 0 saturated heterocycles. The van der Waals surface area contributed by atoms with Crippen LogP contribution < -0.4 is 10.6 Å². The van der Waals surface area contributed by atoms with Gasteiger partial charge >= 0.3 is 0 Å². The van der Waals surface area contributed by atoms with Crippen LogP contribution in [0.5, 0.6) is 0 Å². The maximum Gasteiger partial charge on any atom is 0.258 e. The van der Waals surface area contributed by atoms with Gasteiger partial charge in [-0.25, -0.2) is 9.97 Å². The fraction of sp³-hybridized carbons (Fsp3) is 0.0556. The Morgan fingerprint density at radius 3 is 2.50 bits per heavy atom. The second kappa shape index (κ2) is 7.23. The normalized spacial score (nSPS) is 10.2. The molecule has 0 aliphatic heterocycles. The van der Waals surface area contributed by atoms with E-state index in [2.05, 4.69) is 36.5 Å². The highest BCUT2D eigenvalue weighted by Gasteiger charge is 2.08. The van der Waals surface area contributed by atoms with Gasteiger partial charge in [0, 0.05) is 22.6 Å². The number of para-hydroxylation sites is 1. The van der Waals surface area contributed by atoms with Crippen molar-refractivity contribution in [2.45, 2.75) is 6.92 Å². The Balaban J connectivity index is 1.70. The predicted molar refractivity (Wildman–Crippen MR) is 98.6 cm³/mol. The molecule has 3 aromatic rings.